The molecule has 0 bridgehead atoms. The number of thiocarbonyl (C=S) groups is 1. The summed E-state index contributed by atoms with van der Waals surface area (Å²) in [5.74, 6) is 1.06. The Hall–Kier alpha value is -1.62. The third-order valence-electron chi connectivity index (χ3n) is 2.79. The van der Waals surface area contributed by atoms with Gasteiger partial charge in [0.2, 0.25) is 0 Å². The molecule has 1 aromatic carbocycles. The number of carbonyl (C=O) groups excluding carboxylic acids is 1. The van der Waals surface area contributed by atoms with Crippen molar-refractivity contribution >= 4 is 23.1 Å². The van der Waals surface area contributed by atoms with Crippen LogP contribution in [0.1, 0.15) is 32.3 Å². The van der Waals surface area contributed by atoms with Crippen LogP contribution in [-0.4, -0.2) is 24.0 Å². The lowest BCUT2D eigenvalue weighted by molar-refractivity contribution is -0.123. The van der Waals surface area contributed by atoms with Crippen LogP contribution in [0.5, 0.6) is 5.75 Å². The highest BCUT2D eigenvalue weighted by Gasteiger charge is 2.08. The molecule has 0 spiro atoms. The van der Waals surface area contributed by atoms with E-state index in [9.17, 15) is 4.79 Å². The molecule has 0 heterocycles. The first-order chi connectivity index (χ1) is 9.50. The second-order valence-corrected chi connectivity index (χ2v) is 5.47. The van der Waals surface area contributed by atoms with Crippen LogP contribution >= 0.6 is 12.2 Å². The normalized spacial score (nSPS) is 10.3. The Balaban J connectivity index is 2.36. The molecular formula is C15H22N2O2S. The Kier molecular flexibility index (Phi) is 7.01. The maximum Gasteiger partial charge on any atom is 0.257 e. The largest absolute Gasteiger partial charge is 0.483 e. The van der Waals surface area contributed by atoms with Crippen LogP contribution < -0.4 is 15.8 Å². The van der Waals surface area contributed by atoms with Gasteiger partial charge in [0.05, 0.1) is 5.56 Å². The molecule has 0 saturated heterocycles. The number of carbonyl (C=O) groups is 1. The summed E-state index contributed by atoms with van der Waals surface area (Å²) < 4.78 is 5.46. The van der Waals surface area contributed by atoms with E-state index in [2.05, 4.69) is 19.2 Å². The summed E-state index contributed by atoms with van der Waals surface area (Å²) >= 11 is 4.94. The molecule has 0 fully saturated rings. The number of nitrogens with one attached hydrogen (secondary N) is 1. The lowest BCUT2D eigenvalue weighted by Gasteiger charge is -2.11. The lowest BCUT2D eigenvalue weighted by atomic mass is 10.1. The molecule has 0 aliphatic rings. The first kappa shape index (κ1) is 16.4. The lowest BCUT2D eigenvalue weighted by Crippen LogP contribution is -2.30. The van der Waals surface area contributed by atoms with E-state index >= 15 is 0 Å². The fraction of sp³-hybridized carbons (Fsp3) is 0.467. The second-order valence-electron chi connectivity index (χ2n) is 5.04. The van der Waals surface area contributed by atoms with Gasteiger partial charge in [-0.15, -0.1) is 0 Å². The zero-order chi connectivity index (χ0) is 15.0. The fourth-order valence-corrected chi connectivity index (χ4v) is 1.90. The van der Waals surface area contributed by atoms with Gasteiger partial charge in [0.25, 0.3) is 5.91 Å². The number of ether oxygens (including phenoxy) is 1. The number of para-hydroxylation sites is 1. The van der Waals surface area contributed by atoms with E-state index in [-0.39, 0.29) is 17.5 Å². The van der Waals surface area contributed by atoms with Gasteiger partial charge >= 0.3 is 0 Å². The molecule has 1 amide bonds. The van der Waals surface area contributed by atoms with Crippen molar-refractivity contribution in [2.24, 2.45) is 11.7 Å². The maximum absolute atomic E-state index is 11.6. The predicted molar refractivity (Wildman–Crippen MR) is 84.9 cm³/mol. The molecule has 0 radical (unpaired) electrons. The maximum atomic E-state index is 11.6. The predicted octanol–water partition coefficient (Wildman–Crippen LogP) is 2.25. The van der Waals surface area contributed by atoms with Gasteiger partial charge in [-0.3, -0.25) is 4.79 Å². The summed E-state index contributed by atoms with van der Waals surface area (Å²) in [5, 5.41) is 2.83. The Labute approximate surface area is 125 Å². The monoisotopic (exact) mass is 294 g/mol. The molecule has 1 aromatic rings. The zero-order valence-corrected chi connectivity index (χ0v) is 12.8. The zero-order valence-electron chi connectivity index (χ0n) is 12.0. The van der Waals surface area contributed by atoms with E-state index < -0.39 is 0 Å². The van der Waals surface area contributed by atoms with E-state index in [1.165, 1.54) is 0 Å². The molecule has 110 valence electrons. The van der Waals surface area contributed by atoms with Crippen molar-refractivity contribution in [3.63, 3.8) is 0 Å². The molecule has 3 N–H and O–H groups in total. The van der Waals surface area contributed by atoms with Crippen LogP contribution in [0.2, 0.25) is 0 Å². The number of hydrogen-bond acceptors (Lipinski definition) is 3. The minimum Gasteiger partial charge on any atom is -0.483 e. The molecular weight excluding hydrogens is 272 g/mol. The van der Waals surface area contributed by atoms with Gasteiger partial charge in [0, 0.05) is 6.54 Å². The summed E-state index contributed by atoms with van der Waals surface area (Å²) in [6, 6.07) is 7.17. The molecule has 0 aliphatic carbocycles. The first-order valence-corrected chi connectivity index (χ1v) is 7.20. The Morgan fingerprint density at radius 2 is 2.10 bits per heavy atom. The minimum absolute atomic E-state index is 0.0265. The van der Waals surface area contributed by atoms with Gasteiger partial charge in [-0.2, -0.15) is 0 Å². The highest BCUT2D eigenvalue weighted by Crippen LogP contribution is 2.17. The van der Waals surface area contributed by atoms with Crippen molar-refractivity contribution in [1.29, 1.82) is 0 Å². The number of hydrogen-bond donors (Lipinski definition) is 2. The summed E-state index contributed by atoms with van der Waals surface area (Å²) in [6.07, 6.45) is 2.08. The number of benzene rings is 1. The Morgan fingerprint density at radius 3 is 2.75 bits per heavy atom. The Morgan fingerprint density at radius 1 is 1.40 bits per heavy atom. The standard InChI is InChI=1S/C15H22N2O2S/c1-11(2)6-5-9-17-14(18)10-19-13-8-4-3-7-12(13)15(16)20/h3-4,7-8,11H,5-6,9-10H2,1-2H3,(H2,16,20)(H,17,18). The van der Waals surface area contributed by atoms with E-state index in [0.29, 0.717) is 23.8 Å². The first-order valence-electron chi connectivity index (χ1n) is 6.79. The summed E-state index contributed by atoms with van der Waals surface area (Å²) in [5.41, 5.74) is 6.25. The van der Waals surface area contributed by atoms with Crippen LogP contribution in [0.4, 0.5) is 0 Å². The average molecular weight is 294 g/mol. The SMILES string of the molecule is CC(C)CCCNC(=O)COc1ccccc1C(N)=S. The smallest absolute Gasteiger partial charge is 0.257 e. The van der Waals surface area contributed by atoms with Gasteiger partial charge < -0.3 is 15.8 Å². The van der Waals surface area contributed by atoms with Crippen molar-refractivity contribution in [1.82, 2.24) is 5.32 Å². The van der Waals surface area contributed by atoms with Gasteiger partial charge in [-0.25, -0.2) is 0 Å². The third-order valence-corrected chi connectivity index (χ3v) is 3.01. The number of nitrogens with two attached hydrogens (primary N) is 1. The molecule has 20 heavy (non-hydrogen) atoms. The molecule has 0 unspecified atom stereocenters. The molecule has 0 aromatic heterocycles. The van der Waals surface area contributed by atoms with Crippen LogP contribution in [0.3, 0.4) is 0 Å². The molecule has 5 heteroatoms. The highest BCUT2D eigenvalue weighted by molar-refractivity contribution is 7.80. The highest BCUT2D eigenvalue weighted by atomic mass is 32.1. The number of amides is 1. The topological polar surface area (TPSA) is 64.3 Å². The molecule has 0 atom stereocenters. The molecule has 0 aliphatic heterocycles. The third kappa shape index (κ3) is 6.02. The van der Waals surface area contributed by atoms with Crippen molar-refractivity contribution in [2.75, 3.05) is 13.2 Å². The van der Waals surface area contributed by atoms with Crippen LogP contribution in [0.15, 0.2) is 24.3 Å². The van der Waals surface area contributed by atoms with Crippen molar-refractivity contribution in [2.45, 2.75) is 26.7 Å². The van der Waals surface area contributed by atoms with Gasteiger partial charge in [-0.05, 0) is 30.9 Å². The van der Waals surface area contributed by atoms with Crippen LogP contribution in [0.25, 0.3) is 0 Å². The van der Waals surface area contributed by atoms with Gasteiger partial charge in [-0.1, -0.05) is 38.2 Å². The molecule has 1 rings (SSSR count). The van der Waals surface area contributed by atoms with Crippen molar-refractivity contribution in [3.8, 4) is 5.75 Å². The van der Waals surface area contributed by atoms with Crippen LogP contribution in [-0.2, 0) is 4.79 Å². The minimum atomic E-state index is -0.133. The van der Waals surface area contributed by atoms with Crippen molar-refractivity contribution < 1.29 is 9.53 Å². The quantitative estimate of drug-likeness (QED) is 0.570. The van der Waals surface area contributed by atoms with E-state index in [0.717, 1.165) is 12.8 Å². The molecule has 0 saturated carbocycles. The van der Waals surface area contributed by atoms with E-state index in [4.69, 9.17) is 22.7 Å². The Bertz CT molecular complexity index is 461. The van der Waals surface area contributed by atoms with Gasteiger partial charge in [0.1, 0.15) is 10.7 Å². The second kappa shape index (κ2) is 8.53. The number of rotatable bonds is 8. The summed E-state index contributed by atoms with van der Waals surface area (Å²) in [4.78, 5) is 11.9. The summed E-state index contributed by atoms with van der Waals surface area (Å²) in [7, 11) is 0. The van der Waals surface area contributed by atoms with E-state index in [1.54, 1.807) is 12.1 Å². The van der Waals surface area contributed by atoms with Crippen molar-refractivity contribution in [3.05, 3.63) is 29.8 Å². The van der Waals surface area contributed by atoms with Crippen LogP contribution in [0, 0.1) is 5.92 Å². The summed E-state index contributed by atoms with van der Waals surface area (Å²) in [6.45, 7) is 4.98. The molecule has 4 nitrogen and oxygen atoms in total. The van der Waals surface area contributed by atoms with Gasteiger partial charge in [0.15, 0.2) is 6.61 Å². The average Bonchev–Trinajstić information content (AvgIpc) is 2.41. The van der Waals surface area contributed by atoms with E-state index in [1.807, 2.05) is 12.1 Å². The fourth-order valence-electron chi connectivity index (χ4n) is 1.73.